The standard InChI is InChI=1S/C24H24N2O3S/c1-18-8-5-6-11-21(18)17-30(28,29)25-22-13-14-23-20(16-22)12-7-15-26(23)24(27)19-9-3-2-4-10-19/h2-6,8-11,13-14,16,25H,7,12,15,17H2,1H3. The maximum Gasteiger partial charge on any atom is 0.258 e. The molecular weight excluding hydrogens is 396 g/mol. The summed E-state index contributed by atoms with van der Waals surface area (Å²) in [5, 5.41) is 0. The van der Waals surface area contributed by atoms with Crippen molar-refractivity contribution in [2.75, 3.05) is 16.2 Å². The number of aryl methyl sites for hydroxylation is 2. The second kappa shape index (κ2) is 8.32. The van der Waals surface area contributed by atoms with Crippen LogP contribution in [0.4, 0.5) is 11.4 Å². The van der Waals surface area contributed by atoms with E-state index in [9.17, 15) is 13.2 Å². The van der Waals surface area contributed by atoms with E-state index in [2.05, 4.69) is 4.72 Å². The van der Waals surface area contributed by atoms with Gasteiger partial charge in [0.25, 0.3) is 5.91 Å². The molecule has 1 aliphatic rings. The van der Waals surface area contributed by atoms with Gasteiger partial charge in [0.1, 0.15) is 0 Å². The van der Waals surface area contributed by atoms with Crippen LogP contribution in [-0.2, 0) is 22.2 Å². The van der Waals surface area contributed by atoms with E-state index in [1.807, 2.05) is 73.7 Å². The van der Waals surface area contributed by atoms with E-state index in [0.717, 1.165) is 35.2 Å². The van der Waals surface area contributed by atoms with Crippen molar-refractivity contribution in [1.82, 2.24) is 0 Å². The third-order valence-corrected chi connectivity index (χ3v) is 6.58. The highest BCUT2D eigenvalue weighted by molar-refractivity contribution is 7.91. The van der Waals surface area contributed by atoms with Crippen LogP contribution < -0.4 is 9.62 Å². The number of sulfonamides is 1. The number of anilines is 2. The first-order valence-corrected chi connectivity index (χ1v) is 11.6. The number of fused-ring (bicyclic) bond motifs is 1. The summed E-state index contributed by atoms with van der Waals surface area (Å²) in [5.74, 6) is -0.112. The molecule has 6 heteroatoms. The van der Waals surface area contributed by atoms with Gasteiger partial charge in [-0.1, -0.05) is 42.5 Å². The van der Waals surface area contributed by atoms with Crippen LogP contribution in [-0.4, -0.2) is 20.9 Å². The van der Waals surface area contributed by atoms with E-state index >= 15 is 0 Å². The Morgan fingerprint density at radius 2 is 1.73 bits per heavy atom. The van der Waals surface area contributed by atoms with Gasteiger partial charge in [-0.15, -0.1) is 0 Å². The Bertz CT molecular complexity index is 1170. The normalized spacial score (nSPS) is 13.6. The van der Waals surface area contributed by atoms with Gasteiger partial charge in [0, 0.05) is 23.5 Å². The number of rotatable bonds is 5. The molecule has 1 amide bonds. The molecular formula is C24H24N2O3S. The zero-order valence-corrected chi connectivity index (χ0v) is 17.7. The molecule has 0 spiro atoms. The Labute approximate surface area is 177 Å². The van der Waals surface area contributed by atoms with E-state index in [1.54, 1.807) is 11.0 Å². The van der Waals surface area contributed by atoms with Gasteiger partial charge < -0.3 is 4.90 Å². The van der Waals surface area contributed by atoms with Gasteiger partial charge in [-0.25, -0.2) is 8.42 Å². The summed E-state index contributed by atoms with van der Waals surface area (Å²) in [6.07, 6.45) is 1.65. The highest BCUT2D eigenvalue weighted by Gasteiger charge is 2.24. The van der Waals surface area contributed by atoms with Gasteiger partial charge in [-0.05, 0) is 66.8 Å². The van der Waals surface area contributed by atoms with Crippen LogP contribution in [0.5, 0.6) is 0 Å². The van der Waals surface area contributed by atoms with Crippen LogP contribution >= 0.6 is 0 Å². The lowest BCUT2D eigenvalue weighted by atomic mass is 10.00. The minimum absolute atomic E-state index is 0.0376. The lowest BCUT2D eigenvalue weighted by Crippen LogP contribution is -2.35. The van der Waals surface area contributed by atoms with Gasteiger partial charge >= 0.3 is 0 Å². The Morgan fingerprint density at radius 3 is 2.50 bits per heavy atom. The minimum atomic E-state index is -3.54. The molecule has 1 aliphatic heterocycles. The maximum atomic E-state index is 12.9. The number of carbonyl (C=O) groups is 1. The van der Waals surface area contributed by atoms with Crippen LogP contribution in [0.3, 0.4) is 0 Å². The molecule has 0 aliphatic carbocycles. The number of hydrogen-bond acceptors (Lipinski definition) is 3. The second-order valence-corrected chi connectivity index (χ2v) is 9.28. The summed E-state index contributed by atoms with van der Waals surface area (Å²) in [7, 11) is -3.54. The molecule has 0 saturated carbocycles. The first kappa shape index (κ1) is 20.2. The molecule has 3 aromatic carbocycles. The van der Waals surface area contributed by atoms with Gasteiger partial charge in [0.05, 0.1) is 5.75 Å². The fourth-order valence-electron chi connectivity index (χ4n) is 3.80. The fraction of sp³-hybridized carbons (Fsp3) is 0.208. The second-order valence-electron chi connectivity index (χ2n) is 7.56. The smallest absolute Gasteiger partial charge is 0.258 e. The molecule has 0 saturated heterocycles. The molecule has 4 rings (SSSR count). The van der Waals surface area contributed by atoms with Gasteiger partial charge in [0.15, 0.2) is 0 Å². The monoisotopic (exact) mass is 420 g/mol. The number of nitrogens with one attached hydrogen (secondary N) is 1. The van der Waals surface area contributed by atoms with E-state index in [1.165, 1.54) is 0 Å². The van der Waals surface area contributed by atoms with E-state index < -0.39 is 10.0 Å². The molecule has 5 nitrogen and oxygen atoms in total. The largest absolute Gasteiger partial charge is 0.308 e. The Morgan fingerprint density at radius 1 is 1.00 bits per heavy atom. The molecule has 1 N–H and O–H groups in total. The van der Waals surface area contributed by atoms with E-state index in [-0.39, 0.29) is 11.7 Å². The molecule has 0 fully saturated rings. The molecule has 0 unspecified atom stereocenters. The van der Waals surface area contributed by atoms with Gasteiger partial charge in [-0.3, -0.25) is 9.52 Å². The third kappa shape index (κ3) is 4.39. The van der Waals surface area contributed by atoms with Crippen LogP contribution in [0, 0.1) is 6.92 Å². The molecule has 0 aromatic heterocycles. The lowest BCUT2D eigenvalue weighted by molar-refractivity contribution is 0.0985. The first-order valence-electron chi connectivity index (χ1n) is 9.98. The van der Waals surface area contributed by atoms with E-state index in [0.29, 0.717) is 17.8 Å². The zero-order chi connectivity index (χ0) is 21.1. The molecule has 154 valence electrons. The fourth-order valence-corrected chi connectivity index (χ4v) is 5.09. The quantitative estimate of drug-likeness (QED) is 0.659. The van der Waals surface area contributed by atoms with Crippen molar-refractivity contribution in [3.05, 3.63) is 95.1 Å². The highest BCUT2D eigenvalue weighted by atomic mass is 32.2. The summed E-state index contributed by atoms with van der Waals surface area (Å²) in [4.78, 5) is 14.7. The Balaban J connectivity index is 1.55. The predicted molar refractivity (Wildman–Crippen MR) is 120 cm³/mol. The number of nitrogens with zero attached hydrogens (tertiary/aromatic N) is 1. The summed E-state index contributed by atoms with van der Waals surface area (Å²) >= 11 is 0. The Kier molecular flexibility index (Phi) is 5.59. The van der Waals surface area contributed by atoms with Crippen molar-refractivity contribution < 1.29 is 13.2 Å². The third-order valence-electron chi connectivity index (χ3n) is 5.34. The predicted octanol–water partition coefficient (Wildman–Crippen LogP) is 4.53. The number of amides is 1. The van der Waals surface area contributed by atoms with Crippen LogP contribution in [0.2, 0.25) is 0 Å². The molecule has 30 heavy (non-hydrogen) atoms. The SMILES string of the molecule is Cc1ccccc1CS(=O)(=O)Nc1ccc2c(c1)CCCN2C(=O)c1ccccc1. The molecule has 3 aromatic rings. The summed E-state index contributed by atoms with van der Waals surface area (Å²) < 4.78 is 28.0. The zero-order valence-electron chi connectivity index (χ0n) is 16.8. The topological polar surface area (TPSA) is 66.5 Å². The summed E-state index contributed by atoms with van der Waals surface area (Å²) in [6.45, 7) is 2.56. The Hall–Kier alpha value is -3.12. The molecule has 1 heterocycles. The van der Waals surface area contributed by atoms with Crippen LogP contribution in [0.15, 0.2) is 72.8 Å². The maximum absolute atomic E-state index is 12.9. The van der Waals surface area contributed by atoms with Gasteiger partial charge in [0.2, 0.25) is 10.0 Å². The van der Waals surface area contributed by atoms with Gasteiger partial charge in [-0.2, -0.15) is 0 Å². The van der Waals surface area contributed by atoms with E-state index in [4.69, 9.17) is 0 Å². The van der Waals surface area contributed by atoms with Crippen molar-refractivity contribution in [2.24, 2.45) is 0 Å². The summed E-state index contributed by atoms with van der Waals surface area (Å²) in [6, 6.07) is 22.1. The van der Waals surface area contributed by atoms with Crippen molar-refractivity contribution in [1.29, 1.82) is 0 Å². The van der Waals surface area contributed by atoms with Crippen LogP contribution in [0.1, 0.15) is 33.5 Å². The van der Waals surface area contributed by atoms with Crippen molar-refractivity contribution in [2.45, 2.75) is 25.5 Å². The van der Waals surface area contributed by atoms with Crippen molar-refractivity contribution in [3.8, 4) is 0 Å². The summed E-state index contributed by atoms with van der Waals surface area (Å²) in [5.41, 5.74) is 4.72. The van der Waals surface area contributed by atoms with Crippen molar-refractivity contribution >= 4 is 27.3 Å². The first-order chi connectivity index (χ1) is 14.4. The van der Waals surface area contributed by atoms with Crippen molar-refractivity contribution in [3.63, 3.8) is 0 Å². The number of carbonyl (C=O) groups excluding carboxylic acids is 1. The number of benzene rings is 3. The lowest BCUT2D eigenvalue weighted by Gasteiger charge is -2.30. The minimum Gasteiger partial charge on any atom is -0.308 e. The number of hydrogen-bond donors (Lipinski definition) is 1. The molecule has 0 bridgehead atoms. The average molecular weight is 421 g/mol. The average Bonchev–Trinajstić information content (AvgIpc) is 2.74. The van der Waals surface area contributed by atoms with Crippen LogP contribution in [0.25, 0.3) is 0 Å². The molecule has 0 radical (unpaired) electrons. The molecule has 0 atom stereocenters. The highest BCUT2D eigenvalue weighted by Crippen LogP contribution is 2.31.